The first-order chi connectivity index (χ1) is 15.2. The van der Waals surface area contributed by atoms with Crippen molar-refractivity contribution in [2.45, 2.75) is 0 Å². The Labute approximate surface area is 185 Å². The number of para-hydroxylation sites is 1. The number of H-pyrrole nitrogens is 2. The lowest BCUT2D eigenvalue weighted by Crippen LogP contribution is -2.30. The quantitative estimate of drug-likeness (QED) is 0.335. The molecule has 5 aromatic rings. The number of nitrogens with zero attached hydrogens (tertiary/aromatic N) is 3. The molecule has 3 aromatic heterocycles. The standard InChI is InChI=1S/C24H20N6S/c1-30(17-7-3-2-4-8-17)24(31)27-16-11-12-18-21(15-16)29-23(20-10-6-14-26-20)22(28-18)19-9-5-13-25-19/h2-15,25-26H,1H3,(H,27,31). The lowest BCUT2D eigenvalue weighted by Gasteiger charge is -2.21. The summed E-state index contributed by atoms with van der Waals surface area (Å²) in [5.74, 6) is 0. The zero-order valence-electron chi connectivity index (χ0n) is 16.8. The molecule has 6 nitrogen and oxygen atoms in total. The molecule has 0 radical (unpaired) electrons. The summed E-state index contributed by atoms with van der Waals surface area (Å²) in [5.41, 5.74) is 6.91. The minimum absolute atomic E-state index is 0.603. The Morgan fingerprint density at radius 1 is 0.806 bits per heavy atom. The number of hydrogen-bond donors (Lipinski definition) is 3. The van der Waals surface area contributed by atoms with E-state index in [1.807, 2.05) is 97.1 Å². The monoisotopic (exact) mass is 424 g/mol. The van der Waals surface area contributed by atoms with Crippen molar-refractivity contribution >= 4 is 39.7 Å². The Balaban J connectivity index is 1.51. The highest BCUT2D eigenvalue weighted by Gasteiger charge is 2.15. The minimum atomic E-state index is 0.603. The van der Waals surface area contributed by atoms with Crippen molar-refractivity contribution in [3.05, 3.63) is 85.2 Å². The molecule has 0 saturated carbocycles. The average Bonchev–Trinajstić information content (AvgIpc) is 3.52. The number of hydrogen-bond acceptors (Lipinski definition) is 3. The predicted octanol–water partition coefficient (Wildman–Crippen LogP) is 5.45. The minimum Gasteiger partial charge on any atom is -0.360 e. The van der Waals surface area contributed by atoms with E-state index in [1.54, 1.807) is 0 Å². The van der Waals surface area contributed by atoms with Gasteiger partial charge in [0.1, 0.15) is 11.4 Å². The van der Waals surface area contributed by atoms with Gasteiger partial charge in [-0.1, -0.05) is 18.2 Å². The van der Waals surface area contributed by atoms with Gasteiger partial charge in [0.15, 0.2) is 5.11 Å². The summed E-state index contributed by atoms with van der Waals surface area (Å²) in [6, 6.07) is 23.8. The Morgan fingerprint density at radius 2 is 1.45 bits per heavy atom. The summed E-state index contributed by atoms with van der Waals surface area (Å²) in [7, 11) is 1.94. The number of fused-ring (bicyclic) bond motifs is 1. The van der Waals surface area contributed by atoms with Crippen molar-refractivity contribution in [3.8, 4) is 22.8 Å². The molecule has 0 saturated heterocycles. The Morgan fingerprint density at radius 3 is 2.06 bits per heavy atom. The Bertz CT molecular complexity index is 1330. The number of anilines is 2. The second kappa shape index (κ2) is 8.04. The maximum atomic E-state index is 5.60. The van der Waals surface area contributed by atoms with Crippen LogP contribution >= 0.6 is 12.2 Å². The van der Waals surface area contributed by atoms with Gasteiger partial charge in [-0.25, -0.2) is 9.97 Å². The first-order valence-electron chi connectivity index (χ1n) is 9.88. The highest BCUT2D eigenvalue weighted by Crippen LogP contribution is 2.30. The number of benzene rings is 2. The molecule has 0 amide bonds. The average molecular weight is 425 g/mol. The van der Waals surface area contributed by atoms with Crippen LogP contribution in [0.3, 0.4) is 0 Å². The fraction of sp³-hybridized carbons (Fsp3) is 0.0417. The second-order valence-corrected chi connectivity index (χ2v) is 7.50. The van der Waals surface area contributed by atoms with Gasteiger partial charge in [-0.2, -0.15) is 0 Å². The third kappa shape index (κ3) is 3.78. The van der Waals surface area contributed by atoms with Crippen LogP contribution in [-0.2, 0) is 0 Å². The SMILES string of the molecule is CN(C(=S)Nc1ccc2nc(-c3ccc[nH]3)c(-c3ccc[nH]3)nc2c1)c1ccccc1. The summed E-state index contributed by atoms with van der Waals surface area (Å²) < 4.78 is 0. The van der Waals surface area contributed by atoms with E-state index < -0.39 is 0 Å². The number of aromatic nitrogens is 4. The van der Waals surface area contributed by atoms with Crippen LogP contribution in [0.5, 0.6) is 0 Å². The van der Waals surface area contributed by atoms with Crippen LogP contribution in [0.2, 0.25) is 0 Å². The van der Waals surface area contributed by atoms with Gasteiger partial charge >= 0.3 is 0 Å². The molecule has 0 unspecified atom stereocenters. The van der Waals surface area contributed by atoms with Crippen molar-refractivity contribution in [2.24, 2.45) is 0 Å². The van der Waals surface area contributed by atoms with Crippen molar-refractivity contribution < 1.29 is 0 Å². The van der Waals surface area contributed by atoms with E-state index >= 15 is 0 Å². The maximum absolute atomic E-state index is 5.60. The van der Waals surface area contributed by atoms with Gasteiger partial charge < -0.3 is 20.2 Å². The molecule has 0 aliphatic rings. The maximum Gasteiger partial charge on any atom is 0.177 e. The third-order valence-electron chi connectivity index (χ3n) is 5.07. The molecule has 0 atom stereocenters. The molecule has 0 spiro atoms. The van der Waals surface area contributed by atoms with E-state index in [4.69, 9.17) is 22.2 Å². The summed E-state index contributed by atoms with van der Waals surface area (Å²) in [6.07, 6.45) is 3.77. The molecule has 0 aliphatic heterocycles. The molecular formula is C24H20N6S. The van der Waals surface area contributed by atoms with Gasteiger partial charge in [-0.15, -0.1) is 0 Å². The van der Waals surface area contributed by atoms with Crippen molar-refractivity contribution in [2.75, 3.05) is 17.3 Å². The molecule has 7 heteroatoms. The molecular weight excluding hydrogens is 404 g/mol. The van der Waals surface area contributed by atoms with Gasteiger partial charge in [0.2, 0.25) is 0 Å². The molecule has 0 aliphatic carbocycles. The van der Waals surface area contributed by atoms with Crippen LogP contribution in [0.15, 0.2) is 85.2 Å². The van der Waals surface area contributed by atoms with Crippen LogP contribution in [0.25, 0.3) is 33.8 Å². The summed E-state index contributed by atoms with van der Waals surface area (Å²) >= 11 is 5.60. The van der Waals surface area contributed by atoms with Gasteiger partial charge in [-0.05, 0) is 66.8 Å². The van der Waals surface area contributed by atoms with E-state index in [1.165, 1.54) is 0 Å². The largest absolute Gasteiger partial charge is 0.360 e. The van der Waals surface area contributed by atoms with Crippen LogP contribution in [0, 0.1) is 0 Å². The second-order valence-electron chi connectivity index (χ2n) is 7.12. The lowest BCUT2D eigenvalue weighted by atomic mass is 10.1. The smallest absolute Gasteiger partial charge is 0.177 e. The predicted molar refractivity (Wildman–Crippen MR) is 130 cm³/mol. The van der Waals surface area contributed by atoms with E-state index in [2.05, 4.69) is 15.3 Å². The van der Waals surface area contributed by atoms with Gasteiger partial charge in [0.05, 0.1) is 22.4 Å². The molecule has 5 rings (SSSR count). The van der Waals surface area contributed by atoms with Crippen LogP contribution in [0.4, 0.5) is 11.4 Å². The number of nitrogens with one attached hydrogen (secondary N) is 3. The van der Waals surface area contributed by atoms with Crippen molar-refractivity contribution in [1.82, 2.24) is 19.9 Å². The summed E-state index contributed by atoms with van der Waals surface area (Å²) in [5, 5.41) is 3.91. The van der Waals surface area contributed by atoms with E-state index in [0.717, 1.165) is 45.2 Å². The number of aromatic amines is 2. The van der Waals surface area contributed by atoms with Gasteiger partial charge in [0, 0.05) is 30.8 Å². The van der Waals surface area contributed by atoms with E-state index in [-0.39, 0.29) is 0 Å². The molecule has 3 heterocycles. The van der Waals surface area contributed by atoms with Crippen molar-refractivity contribution in [3.63, 3.8) is 0 Å². The summed E-state index contributed by atoms with van der Waals surface area (Å²) in [4.78, 5) is 18.2. The lowest BCUT2D eigenvalue weighted by molar-refractivity contribution is 1.24. The zero-order valence-corrected chi connectivity index (χ0v) is 17.6. The van der Waals surface area contributed by atoms with Crippen LogP contribution in [0.1, 0.15) is 0 Å². The highest BCUT2D eigenvalue weighted by atomic mass is 32.1. The molecule has 31 heavy (non-hydrogen) atoms. The zero-order chi connectivity index (χ0) is 21.2. The fourth-order valence-corrected chi connectivity index (χ4v) is 3.66. The fourth-order valence-electron chi connectivity index (χ4n) is 3.44. The topological polar surface area (TPSA) is 72.6 Å². The molecule has 0 bridgehead atoms. The Hall–Kier alpha value is -3.97. The third-order valence-corrected chi connectivity index (χ3v) is 5.45. The molecule has 152 valence electrons. The van der Waals surface area contributed by atoms with E-state index in [9.17, 15) is 0 Å². The van der Waals surface area contributed by atoms with Crippen LogP contribution in [-0.4, -0.2) is 32.1 Å². The number of thiocarbonyl (C=S) groups is 1. The van der Waals surface area contributed by atoms with Crippen LogP contribution < -0.4 is 10.2 Å². The first-order valence-corrected chi connectivity index (χ1v) is 10.3. The van der Waals surface area contributed by atoms with Gasteiger partial charge in [-0.3, -0.25) is 0 Å². The molecule has 3 N–H and O–H groups in total. The summed E-state index contributed by atoms with van der Waals surface area (Å²) in [6.45, 7) is 0. The Kier molecular flexibility index (Phi) is 4.93. The van der Waals surface area contributed by atoms with Crippen molar-refractivity contribution in [1.29, 1.82) is 0 Å². The van der Waals surface area contributed by atoms with E-state index in [0.29, 0.717) is 5.11 Å². The molecule has 2 aromatic carbocycles. The number of rotatable bonds is 4. The first kappa shape index (κ1) is 19.0. The highest BCUT2D eigenvalue weighted by molar-refractivity contribution is 7.80. The van der Waals surface area contributed by atoms with Gasteiger partial charge in [0.25, 0.3) is 0 Å². The molecule has 0 fully saturated rings. The normalized spacial score (nSPS) is 10.9.